The van der Waals surface area contributed by atoms with Crippen LogP contribution in [-0.2, 0) is 6.54 Å². The van der Waals surface area contributed by atoms with Crippen LogP contribution in [0.4, 0.5) is 11.8 Å². The zero-order chi connectivity index (χ0) is 17.1. The van der Waals surface area contributed by atoms with E-state index in [-0.39, 0.29) is 0 Å². The molecule has 0 amide bonds. The van der Waals surface area contributed by atoms with Crippen LogP contribution in [0.2, 0.25) is 0 Å². The van der Waals surface area contributed by atoms with Crippen LogP contribution in [0.25, 0.3) is 11.3 Å². The highest BCUT2D eigenvalue weighted by molar-refractivity contribution is 5.64. The fourth-order valence-electron chi connectivity index (χ4n) is 2.68. The van der Waals surface area contributed by atoms with Gasteiger partial charge in [-0.1, -0.05) is 24.3 Å². The molecule has 0 unspecified atom stereocenters. The van der Waals surface area contributed by atoms with Gasteiger partial charge in [-0.15, -0.1) is 0 Å². The molecule has 3 aromatic rings. The molecular formula is C20H21N5. The Hall–Kier alpha value is -2.95. The summed E-state index contributed by atoms with van der Waals surface area (Å²) in [4.78, 5) is 13.4. The molecule has 1 aliphatic carbocycles. The second-order valence-electron chi connectivity index (χ2n) is 6.40. The van der Waals surface area contributed by atoms with E-state index < -0.39 is 0 Å². The van der Waals surface area contributed by atoms with Crippen molar-refractivity contribution >= 4 is 11.8 Å². The Morgan fingerprint density at radius 1 is 1.04 bits per heavy atom. The number of aromatic nitrogens is 3. The van der Waals surface area contributed by atoms with Crippen LogP contribution in [0.1, 0.15) is 24.0 Å². The minimum absolute atomic E-state index is 0.511. The molecule has 0 bridgehead atoms. The molecule has 1 saturated carbocycles. The standard InChI is InChI=1S/C20H21N5/c1-14-4-2-3-5-16(14)13-22-19-12-18(15-8-10-21-11-9-15)24-20(25-19)23-17-6-7-17/h2-5,8-12,17H,6-7,13H2,1H3,(H2,22,23,24,25). The molecule has 0 radical (unpaired) electrons. The van der Waals surface area contributed by atoms with Crippen LogP contribution >= 0.6 is 0 Å². The number of benzene rings is 1. The van der Waals surface area contributed by atoms with Gasteiger partial charge in [-0.05, 0) is 43.0 Å². The van der Waals surface area contributed by atoms with Crippen LogP contribution in [0.15, 0.2) is 54.9 Å². The van der Waals surface area contributed by atoms with Gasteiger partial charge in [0.2, 0.25) is 5.95 Å². The molecule has 5 heteroatoms. The van der Waals surface area contributed by atoms with Gasteiger partial charge in [0.1, 0.15) is 5.82 Å². The van der Waals surface area contributed by atoms with Crippen molar-refractivity contribution in [2.45, 2.75) is 32.4 Å². The van der Waals surface area contributed by atoms with E-state index in [1.807, 2.05) is 18.2 Å². The van der Waals surface area contributed by atoms with E-state index in [1.54, 1.807) is 12.4 Å². The lowest BCUT2D eigenvalue weighted by atomic mass is 10.1. The Labute approximate surface area is 147 Å². The van der Waals surface area contributed by atoms with Crippen LogP contribution in [0.5, 0.6) is 0 Å². The summed E-state index contributed by atoms with van der Waals surface area (Å²) >= 11 is 0. The summed E-state index contributed by atoms with van der Waals surface area (Å²) in [6, 6.07) is 14.8. The molecule has 1 fully saturated rings. The Morgan fingerprint density at radius 2 is 1.84 bits per heavy atom. The van der Waals surface area contributed by atoms with Crippen molar-refractivity contribution in [1.82, 2.24) is 15.0 Å². The smallest absolute Gasteiger partial charge is 0.225 e. The van der Waals surface area contributed by atoms with Crippen LogP contribution in [-0.4, -0.2) is 21.0 Å². The lowest BCUT2D eigenvalue weighted by Crippen LogP contribution is -2.09. The quantitative estimate of drug-likeness (QED) is 0.714. The SMILES string of the molecule is Cc1ccccc1CNc1cc(-c2ccncc2)nc(NC2CC2)n1. The normalized spacial score (nSPS) is 13.5. The van der Waals surface area contributed by atoms with Gasteiger partial charge in [0, 0.05) is 36.6 Å². The average Bonchev–Trinajstić information content (AvgIpc) is 3.46. The number of anilines is 2. The molecule has 4 rings (SSSR count). The third kappa shape index (κ3) is 3.94. The number of pyridine rings is 1. The highest BCUT2D eigenvalue weighted by atomic mass is 15.2. The summed E-state index contributed by atoms with van der Waals surface area (Å²) in [6.07, 6.45) is 5.95. The van der Waals surface area contributed by atoms with E-state index in [0.717, 1.165) is 23.6 Å². The van der Waals surface area contributed by atoms with E-state index in [4.69, 9.17) is 0 Å². The molecule has 25 heavy (non-hydrogen) atoms. The lowest BCUT2D eigenvalue weighted by Gasteiger charge is -2.12. The highest BCUT2D eigenvalue weighted by Gasteiger charge is 2.22. The first kappa shape index (κ1) is 15.6. The number of nitrogens with zero attached hydrogens (tertiary/aromatic N) is 3. The van der Waals surface area contributed by atoms with E-state index in [2.05, 4.69) is 56.8 Å². The number of rotatable bonds is 6. The van der Waals surface area contributed by atoms with Crippen LogP contribution in [0, 0.1) is 6.92 Å². The molecule has 1 aromatic carbocycles. The van der Waals surface area contributed by atoms with Crippen molar-refractivity contribution in [1.29, 1.82) is 0 Å². The molecule has 2 heterocycles. The summed E-state index contributed by atoms with van der Waals surface area (Å²) in [6.45, 7) is 2.86. The summed E-state index contributed by atoms with van der Waals surface area (Å²) in [7, 11) is 0. The molecule has 0 saturated heterocycles. The zero-order valence-electron chi connectivity index (χ0n) is 14.2. The first-order chi connectivity index (χ1) is 12.3. The molecule has 2 aromatic heterocycles. The van der Waals surface area contributed by atoms with Crippen LogP contribution in [0.3, 0.4) is 0 Å². The predicted molar refractivity (Wildman–Crippen MR) is 100 cm³/mol. The number of hydrogen-bond donors (Lipinski definition) is 2. The zero-order valence-corrected chi connectivity index (χ0v) is 14.2. The van der Waals surface area contributed by atoms with Gasteiger partial charge in [0.05, 0.1) is 5.69 Å². The minimum atomic E-state index is 0.511. The van der Waals surface area contributed by atoms with Crippen LogP contribution < -0.4 is 10.6 Å². The van der Waals surface area contributed by atoms with E-state index in [9.17, 15) is 0 Å². The molecule has 126 valence electrons. The minimum Gasteiger partial charge on any atom is -0.366 e. The maximum absolute atomic E-state index is 4.67. The van der Waals surface area contributed by atoms with Crippen molar-refractivity contribution in [3.05, 3.63) is 66.0 Å². The first-order valence-electron chi connectivity index (χ1n) is 8.62. The van der Waals surface area contributed by atoms with E-state index in [0.29, 0.717) is 12.0 Å². The summed E-state index contributed by atoms with van der Waals surface area (Å²) in [5.74, 6) is 1.51. The van der Waals surface area contributed by atoms with E-state index >= 15 is 0 Å². The Bertz CT molecular complexity index is 859. The molecule has 0 spiro atoms. The summed E-state index contributed by atoms with van der Waals surface area (Å²) < 4.78 is 0. The maximum Gasteiger partial charge on any atom is 0.225 e. The Morgan fingerprint density at radius 3 is 2.60 bits per heavy atom. The Kier molecular flexibility index (Phi) is 4.29. The van der Waals surface area contributed by atoms with Gasteiger partial charge < -0.3 is 10.6 Å². The molecular weight excluding hydrogens is 310 g/mol. The van der Waals surface area contributed by atoms with Gasteiger partial charge in [0.25, 0.3) is 0 Å². The van der Waals surface area contributed by atoms with Gasteiger partial charge >= 0.3 is 0 Å². The van der Waals surface area contributed by atoms with Gasteiger partial charge in [-0.25, -0.2) is 4.98 Å². The summed E-state index contributed by atoms with van der Waals surface area (Å²) in [5.41, 5.74) is 4.47. The fourth-order valence-corrected chi connectivity index (χ4v) is 2.68. The Balaban J connectivity index is 1.60. The summed E-state index contributed by atoms with van der Waals surface area (Å²) in [5, 5.41) is 6.84. The van der Waals surface area contributed by atoms with Crippen molar-refractivity contribution in [3.63, 3.8) is 0 Å². The van der Waals surface area contributed by atoms with E-state index in [1.165, 1.54) is 24.0 Å². The number of hydrogen-bond acceptors (Lipinski definition) is 5. The largest absolute Gasteiger partial charge is 0.366 e. The monoisotopic (exact) mass is 331 g/mol. The maximum atomic E-state index is 4.67. The first-order valence-corrected chi connectivity index (χ1v) is 8.62. The molecule has 0 aliphatic heterocycles. The second kappa shape index (κ2) is 6.89. The van der Waals surface area contributed by atoms with Gasteiger partial charge in [-0.2, -0.15) is 4.98 Å². The third-order valence-electron chi connectivity index (χ3n) is 4.33. The number of aryl methyl sites for hydroxylation is 1. The van der Waals surface area contributed by atoms with Gasteiger partial charge in [0.15, 0.2) is 0 Å². The lowest BCUT2D eigenvalue weighted by molar-refractivity contribution is 1.03. The topological polar surface area (TPSA) is 62.7 Å². The average molecular weight is 331 g/mol. The molecule has 0 atom stereocenters. The van der Waals surface area contributed by atoms with Crippen molar-refractivity contribution in [2.24, 2.45) is 0 Å². The fraction of sp³-hybridized carbons (Fsp3) is 0.250. The molecule has 1 aliphatic rings. The predicted octanol–water partition coefficient (Wildman–Crippen LogP) is 4.03. The molecule has 2 N–H and O–H groups in total. The van der Waals surface area contributed by atoms with Crippen molar-refractivity contribution in [2.75, 3.05) is 10.6 Å². The van der Waals surface area contributed by atoms with Crippen molar-refractivity contribution < 1.29 is 0 Å². The van der Waals surface area contributed by atoms with Gasteiger partial charge in [-0.3, -0.25) is 4.98 Å². The molecule has 5 nitrogen and oxygen atoms in total. The second-order valence-corrected chi connectivity index (χ2v) is 6.40. The number of nitrogens with one attached hydrogen (secondary N) is 2. The van der Waals surface area contributed by atoms with Crippen molar-refractivity contribution in [3.8, 4) is 11.3 Å². The highest BCUT2D eigenvalue weighted by Crippen LogP contribution is 2.26. The third-order valence-corrected chi connectivity index (χ3v) is 4.33.